The smallest absolute Gasteiger partial charge is 0.220 e. The van der Waals surface area contributed by atoms with E-state index in [1.165, 1.54) is 16.7 Å². The summed E-state index contributed by atoms with van der Waals surface area (Å²) in [4.78, 5) is 14.2. The van der Waals surface area contributed by atoms with Crippen LogP contribution in [0.4, 0.5) is 0 Å². The highest BCUT2D eigenvalue weighted by molar-refractivity contribution is 5.75. The lowest BCUT2D eigenvalue weighted by molar-refractivity contribution is -0.121. The van der Waals surface area contributed by atoms with Gasteiger partial charge in [-0.2, -0.15) is 0 Å². The van der Waals surface area contributed by atoms with Crippen molar-refractivity contribution in [1.29, 1.82) is 0 Å². The zero-order valence-electron chi connectivity index (χ0n) is 18.2. The summed E-state index contributed by atoms with van der Waals surface area (Å²) in [5, 5.41) is 3.02. The fourth-order valence-electron chi connectivity index (χ4n) is 2.77. The van der Waals surface area contributed by atoms with Crippen LogP contribution in [0.15, 0.2) is 34.9 Å². The molecule has 26 heavy (non-hydrogen) atoms. The SMILES string of the molecule is CCN(CC)CCNC(=O)CCC=C(C)CCC=C(C)CCC=C(C)C. The molecule has 3 heteroatoms. The Kier molecular flexibility index (Phi) is 15.0. The number of amides is 1. The summed E-state index contributed by atoms with van der Waals surface area (Å²) in [6, 6.07) is 0. The van der Waals surface area contributed by atoms with E-state index in [0.29, 0.717) is 6.42 Å². The number of rotatable bonds is 14. The number of carbonyl (C=O) groups excluding carboxylic acids is 1. The van der Waals surface area contributed by atoms with Crippen molar-refractivity contribution in [3.05, 3.63) is 34.9 Å². The monoisotopic (exact) mass is 362 g/mol. The van der Waals surface area contributed by atoms with E-state index in [9.17, 15) is 4.79 Å². The number of hydrogen-bond acceptors (Lipinski definition) is 2. The first-order valence-corrected chi connectivity index (χ1v) is 10.3. The van der Waals surface area contributed by atoms with Gasteiger partial charge >= 0.3 is 0 Å². The van der Waals surface area contributed by atoms with Crippen molar-refractivity contribution < 1.29 is 4.79 Å². The van der Waals surface area contributed by atoms with Crippen LogP contribution in [0.5, 0.6) is 0 Å². The maximum atomic E-state index is 11.9. The van der Waals surface area contributed by atoms with Gasteiger partial charge in [0.05, 0.1) is 0 Å². The summed E-state index contributed by atoms with van der Waals surface area (Å²) in [5.74, 6) is 0.163. The highest BCUT2D eigenvalue weighted by Gasteiger charge is 2.02. The highest BCUT2D eigenvalue weighted by Crippen LogP contribution is 2.12. The molecule has 0 saturated carbocycles. The molecule has 0 aliphatic heterocycles. The van der Waals surface area contributed by atoms with Crippen LogP contribution in [0.25, 0.3) is 0 Å². The minimum Gasteiger partial charge on any atom is -0.355 e. The van der Waals surface area contributed by atoms with Gasteiger partial charge < -0.3 is 10.2 Å². The van der Waals surface area contributed by atoms with Crippen LogP contribution in [0.2, 0.25) is 0 Å². The molecule has 0 unspecified atom stereocenters. The van der Waals surface area contributed by atoms with Crippen molar-refractivity contribution in [2.45, 2.75) is 80.1 Å². The Hall–Kier alpha value is -1.35. The molecule has 0 spiro atoms. The molecule has 0 aromatic heterocycles. The van der Waals surface area contributed by atoms with Crippen molar-refractivity contribution in [3.8, 4) is 0 Å². The molecule has 0 aromatic carbocycles. The zero-order valence-corrected chi connectivity index (χ0v) is 18.2. The summed E-state index contributed by atoms with van der Waals surface area (Å²) in [6.45, 7) is 16.8. The van der Waals surface area contributed by atoms with E-state index < -0.39 is 0 Å². The lowest BCUT2D eigenvalue weighted by atomic mass is 10.1. The van der Waals surface area contributed by atoms with Gasteiger partial charge in [0.25, 0.3) is 0 Å². The molecule has 0 aliphatic carbocycles. The molecular formula is C23H42N2O. The van der Waals surface area contributed by atoms with Crippen molar-refractivity contribution in [3.63, 3.8) is 0 Å². The maximum absolute atomic E-state index is 11.9. The Bertz CT molecular complexity index is 467. The number of carbonyl (C=O) groups is 1. The summed E-state index contributed by atoms with van der Waals surface area (Å²) >= 11 is 0. The summed E-state index contributed by atoms with van der Waals surface area (Å²) in [6.07, 6.45) is 12.8. The number of nitrogens with one attached hydrogen (secondary N) is 1. The minimum atomic E-state index is 0.163. The predicted octanol–water partition coefficient (Wildman–Crippen LogP) is 5.64. The van der Waals surface area contributed by atoms with E-state index in [2.05, 4.69) is 70.0 Å². The Morgan fingerprint density at radius 2 is 1.31 bits per heavy atom. The summed E-state index contributed by atoms with van der Waals surface area (Å²) < 4.78 is 0. The van der Waals surface area contributed by atoms with Gasteiger partial charge in [-0.25, -0.2) is 0 Å². The Balaban J connectivity index is 3.89. The highest BCUT2D eigenvalue weighted by atomic mass is 16.1. The van der Waals surface area contributed by atoms with Gasteiger partial charge in [-0.1, -0.05) is 48.8 Å². The van der Waals surface area contributed by atoms with Gasteiger partial charge in [0, 0.05) is 19.5 Å². The third kappa shape index (κ3) is 14.9. The van der Waals surface area contributed by atoms with E-state index in [-0.39, 0.29) is 5.91 Å². The van der Waals surface area contributed by atoms with Crippen LogP contribution >= 0.6 is 0 Å². The molecule has 3 nitrogen and oxygen atoms in total. The van der Waals surface area contributed by atoms with Crippen LogP contribution in [-0.4, -0.2) is 37.0 Å². The van der Waals surface area contributed by atoms with Crippen molar-refractivity contribution >= 4 is 5.91 Å². The molecule has 0 radical (unpaired) electrons. The van der Waals surface area contributed by atoms with Crippen LogP contribution in [0.1, 0.15) is 80.1 Å². The topological polar surface area (TPSA) is 32.3 Å². The first-order valence-electron chi connectivity index (χ1n) is 10.3. The van der Waals surface area contributed by atoms with E-state index in [0.717, 1.165) is 58.3 Å². The molecule has 0 saturated heterocycles. The number of hydrogen-bond donors (Lipinski definition) is 1. The molecule has 0 bridgehead atoms. The molecule has 0 aliphatic rings. The first kappa shape index (κ1) is 24.7. The number of nitrogens with zero attached hydrogens (tertiary/aromatic N) is 1. The fourth-order valence-corrected chi connectivity index (χ4v) is 2.77. The van der Waals surface area contributed by atoms with Crippen molar-refractivity contribution in [2.75, 3.05) is 26.2 Å². The van der Waals surface area contributed by atoms with Gasteiger partial charge in [0.15, 0.2) is 0 Å². The second-order valence-electron chi connectivity index (χ2n) is 7.38. The molecule has 0 aromatic rings. The third-order valence-corrected chi connectivity index (χ3v) is 4.63. The average molecular weight is 363 g/mol. The molecule has 150 valence electrons. The molecule has 1 amide bonds. The van der Waals surface area contributed by atoms with Gasteiger partial charge in [0.2, 0.25) is 5.91 Å². The zero-order chi connectivity index (χ0) is 19.8. The number of likely N-dealkylation sites (N-methyl/N-ethyl adjacent to an activating group) is 1. The normalized spacial score (nSPS) is 12.4. The standard InChI is InChI=1S/C23H42N2O/c1-7-25(8-2)19-18-24-23(26)17-11-16-22(6)15-10-14-21(5)13-9-12-20(3)4/h12,14,16H,7-11,13,15,17-19H2,1-6H3,(H,24,26). The van der Waals surface area contributed by atoms with E-state index in [1.54, 1.807) is 0 Å². The first-order chi connectivity index (χ1) is 12.4. The van der Waals surface area contributed by atoms with Gasteiger partial charge in [-0.15, -0.1) is 0 Å². The Morgan fingerprint density at radius 3 is 1.81 bits per heavy atom. The van der Waals surface area contributed by atoms with Crippen LogP contribution in [-0.2, 0) is 4.79 Å². The third-order valence-electron chi connectivity index (χ3n) is 4.63. The van der Waals surface area contributed by atoms with Gasteiger partial charge in [-0.05, 0) is 72.9 Å². The quantitative estimate of drug-likeness (QED) is 0.405. The minimum absolute atomic E-state index is 0.163. The lowest BCUT2D eigenvalue weighted by Crippen LogP contribution is -2.34. The Labute approximate surface area is 162 Å². The van der Waals surface area contributed by atoms with Crippen LogP contribution < -0.4 is 5.32 Å². The molecule has 0 atom stereocenters. The van der Waals surface area contributed by atoms with Crippen LogP contribution in [0.3, 0.4) is 0 Å². The Morgan fingerprint density at radius 1 is 0.808 bits per heavy atom. The van der Waals surface area contributed by atoms with Gasteiger partial charge in [-0.3, -0.25) is 4.79 Å². The maximum Gasteiger partial charge on any atom is 0.220 e. The van der Waals surface area contributed by atoms with E-state index >= 15 is 0 Å². The molecule has 0 fully saturated rings. The summed E-state index contributed by atoms with van der Waals surface area (Å²) in [7, 11) is 0. The van der Waals surface area contributed by atoms with Gasteiger partial charge in [0.1, 0.15) is 0 Å². The molecule has 1 N–H and O–H groups in total. The molecule has 0 heterocycles. The van der Waals surface area contributed by atoms with Crippen molar-refractivity contribution in [1.82, 2.24) is 10.2 Å². The molecular weight excluding hydrogens is 320 g/mol. The predicted molar refractivity (Wildman–Crippen MR) is 115 cm³/mol. The second-order valence-corrected chi connectivity index (χ2v) is 7.38. The second kappa shape index (κ2) is 15.9. The van der Waals surface area contributed by atoms with E-state index in [1.807, 2.05) is 0 Å². The van der Waals surface area contributed by atoms with E-state index in [4.69, 9.17) is 0 Å². The molecule has 0 rings (SSSR count). The largest absolute Gasteiger partial charge is 0.355 e. The fraction of sp³-hybridized carbons (Fsp3) is 0.696. The number of allylic oxidation sites excluding steroid dienone is 6. The summed E-state index contributed by atoms with van der Waals surface area (Å²) in [5.41, 5.74) is 4.26. The van der Waals surface area contributed by atoms with Crippen molar-refractivity contribution in [2.24, 2.45) is 0 Å². The van der Waals surface area contributed by atoms with Crippen LogP contribution in [0, 0.1) is 0 Å². The lowest BCUT2D eigenvalue weighted by Gasteiger charge is -2.17. The average Bonchev–Trinajstić information content (AvgIpc) is 2.58.